The van der Waals surface area contributed by atoms with E-state index in [9.17, 15) is 9.59 Å². The van der Waals surface area contributed by atoms with E-state index in [0.29, 0.717) is 11.3 Å². The van der Waals surface area contributed by atoms with Crippen molar-refractivity contribution in [2.45, 2.75) is 25.6 Å². The quantitative estimate of drug-likeness (QED) is 0.764. The third-order valence-electron chi connectivity index (χ3n) is 3.24. The fraction of sp³-hybridized carbons (Fsp3) is 0.667. The van der Waals surface area contributed by atoms with E-state index in [1.165, 1.54) is 14.2 Å². The summed E-state index contributed by atoms with van der Waals surface area (Å²) in [5.41, 5.74) is -0.459. The molecule has 0 radical (unpaired) electrons. The van der Waals surface area contributed by atoms with Gasteiger partial charge in [-0.15, -0.1) is 12.4 Å². The Hall–Kier alpha value is -0.910. The Morgan fingerprint density at radius 1 is 1.22 bits per heavy atom. The van der Waals surface area contributed by atoms with Gasteiger partial charge >= 0.3 is 0 Å². The number of rotatable bonds is 3. The molecule has 2 unspecified atom stereocenters. The minimum absolute atomic E-state index is 0. The van der Waals surface area contributed by atoms with Crippen molar-refractivity contribution in [3.63, 3.8) is 0 Å². The van der Waals surface area contributed by atoms with Crippen LogP contribution in [0, 0.1) is 0 Å². The van der Waals surface area contributed by atoms with Gasteiger partial charge in [-0.3, -0.25) is 9.59 Å². The van der Waals surface area contributed by atoms with Crippen molar-refractivity contribution in [2.24, 2.45) is 0 Å². The molecule has 0 aromatic carbocycles. The molecule has 0 aromatic heterocycles. The van der Waals surface area contributed by atoms with E-state index < -0.39 is 11.7 Å². The number of methoxy groups -OCH3 is 2. The molecular weight excluding hydrogens is 258 g/mol. The summed E-state index contributed by atoms with van der Waals surface area (Å²) in [6, 6.07) is 0. The van der Waals surface area contributed by atoms with Crippen LogP contribution in [-0.4, -0.2) is 56.5 Å². The number of ketones is 2. The van der Waals surface area contributed by atoms with Gasteiger partial charge in [0.1, 0.15) is 0 Å². The van der Waals surface area contributed by atoms with Gasteiger partial charge in [0.25, 0.3) is 0 Å². The minimum Gasteiger partial charge on any atom is -0.374 e. The first kappa shape index (κ1) is 17.1. The molecule has 0 N–H and O–H groups in total. The molecule has 0 fully saturated rings. The van der Waals surface area contributed by atoms with Crippen molar-refractivity contribution < 1.29 is 19.1 Å². The number of ether oxygens (including phenoxy) is 2. The molecule has 0 heterocycles. The Balaban J connectivity index is 0.00000289. The molecule has 5 nitrogen and oxygen atoms in total. The Bertz CT molecular complexity index is 392. The maximum atomic E-state index is 12.4. The van der Waals surface area contributed by atoms with Gasteiger partial charge in [-0.05, 0) is 13.8 Å². The van der Waals surface area contributed by atoms with Crippen LogP contribution in [0.25, 0.3) is 0 Å². The highest BCUT2D eigenvalue weighted by atomic mass is 35.5. The molecule has 0 saturated carbocycles. The Morgan fingerprint density at radius 3 is 2.06 bits per heavy atom. The van der Waals surface area contributed by atoms with Crippen LogP contribution >= 0.6 is 12.4 Å². The average Bonchev–Trinajstić information content (AvgIpc) is 2.27. The van der Waals surface area contributed by atoms with Gasteiger partial charge in [0.15, 0.2) is 17.5 Å². The zero-order chi connectivity index (χ0) is 13.4. The molecule has 0 spiro atoms. The molecule has 0 amide bonds. The fourth-order valence-electron chi connectivity index (χ4n) is 2.16. The molecule has 0 aliphatic heterocycles. The highest BCUT2D eigenvalue weighted by molar-refractivity contribution is 6.17. The van der Waals surface area contributed by atoms with E-state index in [1.807, 2.05) is 0 Å². The molecule has 0 aromatic rings. The summed E-state index contributed by atoms with van der Waals surface area (Å²) in [6.45, 7) is 3.22. The summed E-state index contributed by atoms with van der Waals surface area (Å²) in [4.78, 5) is 26.2. The monoisotopic (exact) mass is 277 g/mol. The van der Waals surface area contributed by atoms with Crippen molar-refractivity contribution in [2.75, 3.05) is 28.3 Å². The fourth-order valence-corrected chi connectivity index (χ4v) is 2.16. The highest BCUT2D eigenvalue weighted by Crippen LogP contribution is 2.32. The standard InChI is InChI=1S/C12H19NO4.ClH/c1-7-8(13(3)4)10(15)12(2,17-6)11(16-5)9(7)14;/h11H,1-6H3;1H. The number of carbonyl (C=O) groups is 2. The van der Waals surface area contributed by atoms with Gasteiger partial charge in [0.2, 0.25) is 5.78 Å². The number of halogens is 1. The molecule has 0 saturated heterocycles. The van der Waals surface area contributed by atoms with Crippen LogP contribution in [0.2, 0.25) is 0 Å². The van der Waals surface area contributed by atoms with Gasteiger partial charge in [-0.25, -0.2) is 0 Å². The molecule has 104 valence electrons. The second-order valence-electron chi connectivity index (χ2n) is 4.49. The lowest BCUT2D eigenvalue weighted by atomic mass is 9.79. The summed E-state index contributed by atoms with van der Waals surface area (Å²) in [6.07, 6.45) is -0.885. The van der Waals surface area contributed by atoms with E-state index in [4.69, 9.17) is 9.47 Å². The zero-order valence-electron chi connectivity index (χ0n) is 11.6. The second-order valence-corrected chi connectivity index (χ2v) is 4.49. The van der Waals surface area contributed by atoms with Crippen LogP contribution < -0.4 is 0 Å². The van der Waals surface area contributed by atoms with Gasteiger partial charge in [-0.1, -0.05) is 0 Å². The van der Waals surface area contributed by atoms with Crippen LogP contribution in [0.3, 0.4) is 0 Å². The smallest absolute Gasteiger partial charge is 0.213 e. The topological polar surface area (TPSA) is 55.8 Å². The average molecular weight is 278 g/mol. The normalized spacial score (nSPS) is 28.2. The van der Waals surface area contributed by atoms with Gasteiger partial charge in [0.05, 0.1) is 5.70 Å². The SMILES string of the molecule is COC1C(=O)C(C)=C(N(C)C)C(=O)C1(C)OC.Cl. The summed E-state index contributed by atoms with van der Waals surface area (Å²) < 4.78 is 10.4. The van der Waals surface area contributed by atoms with E-state index in [-0.39, 0.29) is 24.0 Å². The Morgan fingerprint density at radius 2 is 1.72 bits per heavy atom. The number of hydrogen-bond donors (Lipinski definition) is 0. The largest absolute Gasteiger partial charge is 0.374 e. The number of Topliss-reactive ketones (excluding diaryl/α,β-unsaturated/α-hetero) is 2. The first-order valence-corrected chi connectivity index (χ1v) is 5.36. The molecule has 0 bridgehead atoms. The maximum absolute atomic E-state index is 12.4. The second kappa shape index (κ2) is 5.82. The number of hydrogen-bond acceptors (Lipinski definition) is 5. The third-order valence-corrected chi connectivity index (χ3v) is 3.24. The van der Waals surface area contributed by atoms with E-state index >= 15 is 0 Å². The highest BCUT2D eigenvalue weighted by Gasteiger charge is 2.52. The van der Waals surface area contributed by atoms with E-state index in [2.05, 4.69) is 0 Å². The van der Waals surface area contributed by atoms with E-state index in [1.54, 1.807) is 32.8 Å². The van der Waals surface area contributed by atoms with Gasteiger partial charge in [-0.2, -0.15) is 0 Å². The van der Waals surface area contributed by atoms with Crippen LogP contribution in [0.15, 0.2) is 11.3 Å². The maximum Gasteiger partial charge on any atom is 0.213 e. The van der Waals surface area contributed by atoms with Crippen LogP contribution in [-0.2, 0) is 19.1 Å². The number of likely N-dealkylation sites (N-methyl/N-ethyl adjacent to an activating group) is 1. The summed E-state index contributed by atoms with van der Waals surface area (Å²) in [5, 5.41) is 0. The lowest BCUT2D eigenvalue weighted by molar-refractivity contribution is -0.164. The van der Waals surface area contributed by atoms with Crippen molar-refractivity contribution in [1.29, 1.82) is 0 Å². The lowest BCUT2D eigenvalue weighted by Crippen LogP contribution is -2.58. The Kier molecular flexibility index (Phi) is 5.53. The third kappa shape index (κ3) is 2.30. The molecule has 6 heteroatoms. The number of carbonyl (C=O) groups excluding carboxylic acids is 2. The van der Waals surface area contributed by atoms with Gasteiger partial charge in [0, 0.05) is 33.9 Å². The predicted octanol–water partition coefficient (Wildman–Crippen LogP) is 0.816. The minimum atomic E-state index is -1.26. The molecule has 1 aliphatic carbocycles. The molecule has 2 atom stereocenters. The Labute approximate surface area is 114 Å². The zero-order valence-corrected chi connectivity index (χ0v) is 12.4. The molecule has 18 heavy (non-hydrogen) atoms. The summed E-state index contributed by atoms with van der Waals surface area (Å²) in [7, 11) is 6.27. The van der Waals surface area contributed by atoms with Crippen molar-refractivity contribution in [3.8, 4) is 0 Å². The first-order chi connectivity index (χ1) is 7.81. The van der Waals surface area contributed by atoms with Gasteiger partial charge < -0.3 is 14.4 Å². The molecule has 1 aliphatic rings. The predicted molar refractivity (Wildman–Crippen MR) is 69.9 cm³/mol. The number of nitrogens with zero attached hydrogens (tertiary/aromatic N) is 1. The summed E-state index contributed by atoms with van der Waals surface area (Å²) in [5.74, 6) is -0.436. The van der Waals surface area contributed by atoms with Crippen molar-refractivity contribution in [1.82, 2.24) is 4.90 Å². The molecular formula is C12H20ClNO4. The van der Waals surface area contributed by atoms with Crippen LogP contribution in [0.4, 0.5) is 0 Å². The van der Waals surface area contributed by atoms with Crippen LogP contribution in [0.5, 0.6) is 0 Å². The van der Waals surface area contributed by atoms with Crippen molar-refractivity contribution >= 4 is 24.0 Å². The first-order valence-electron chi connectivity index (χ1n) is 5.36. The summed E-state index contributed by atoms with van der Waals surface area (Å²) >= 11 is 0. The van der Waals surface area contributed by atoms with Crippen LogP contribution in [0.1, 0.15) is 13.8 Å². The van der Waals surface area contributed by atoms with Crippen molar-refractivity contribution in [3.05, 3.63) is 11.3 Å². The lowest BCUT2D eigenvalue weighted by Gasteiger charge is -2.39. The van der Waals surface area contributed by atoms with E-state index in [0.717, 1.165) is 0 Å². The molecule has 1 rings (SSSR count).